The lowest BCUT2D eigenvalue weighted by molar-refractivity contribution is -0.156. The predicted molar refractivity (Wildman–Crippen MR) is 64.7 cm³/mol. The lowest BCUT2D eigenvalue weighted by Crippen LogP contribution is -2.42. The molecule has 2 aliphatic carbocycles. The summed E-state index contributed by atoms with van der Waals surface area (Å²) < 4.78 is 0. The normalized spacial score (nSPS) is 18.7. The van der Waals surface area contributed by atoms with Crippen LogP contribution in [0.4, 0.5) is 0 Å². The third kappa shape index (κ3) is 1.05. The van der Waals surface area contributed by atoms with E-state index in [1.54, 1.807) is 18.2 Å². The third-order valence-electron chi connectivity index (χ3n) is 3.58. The number of carboxylic acids is 2. The van der Waals surface area contributed by atoms with Gasteiger partial charge in [0.2, 0.25) is 5.41 Å². The molecule has 3 rings (SSSR count). The van der Waals surface area contributed by atoms with Gasteiger partial charge < -0.3 is 10.2 Å². The van der Waals surface area contributed by atoms with Crippen LogP contribution in [0.15, 0.2) is 36.4 Å². The summed E-state index contributed by atoms with van der Waals surface area (Å²) >= 11 is 0. The molecule has 4 heteroatoms. The summed E-state index contributed by atoms with van der Waals surface area (Å²) in [5, 5.41) is 18.7. The van der Waals surface area contributed by atoms with E-state index in [9.17, 15) is 19.8 Å². The van der Waals surface area contributed by atoms with E-state index >= 15 is 0 Å². The van der Waals surface area contributed by atoms with Crippen LogP contribution in [0.3, 0.4) is 0 Å². The molecule has 2 aliphatic rings. The predicted octanol–water partition coefficient (Wildman–Crippen LogP) is 2.03. The van der Waals surface area contributed by atoms with Crippen LogP contribution in [0.1, 0.15) is 17.5 Å². The number of hydrogen-bond donors (Lipinski definition) is 2. The molecule has 1 aromatic rings. The summed E-state index contributed by atoms with van der Waals surface area (Å²) in [4.78, 5) is 22.9. The highest BCUT2D eigenvalue weighted by atomic mass is 16.4. The molecule has 0 atom stereocenters. The minimum atomic E-state index is -1.93. The first-order valence-electron chi connectivity index (χ1n) is 5.57. The second-order valence-electron chi connectivity index (χ2n) is 4.42. The van der Waals surface area contributed by atoms with Crippen LogP contribution in [-0.4, -0.2) is 22.2 Å². The quantitative estimate of drug-likeness (QED) is 0.614. The van der Waals surface area contributed by atoms with E-state index in [1.807, 2.05) is 12.1 Å². The van der Waals surface area contributed by atoms with Gasteiger partial charge in [0.05, 0.1) is 0 Å². The summed E-state index contributed by atoms with van der Waals surface area (Å²) in [6.45, 7) is 0. The first kappa shape index (κ1) is 10.8. The van der Waals surface area contributed by atoms with Crippen LogP contribution in [0.5, 0.6) is 0 Å². The zero-order chi connectivity index (χ0) is 12.9. The Hall–Kier alpha value is -2.36. The lowest BCUT2D eigenvalue weighted by Gasteiger charge is -2.38. The lowest BCUT2D eigenvalue weighted by atomic mass is 9.63. The standard InChI is InChI=1S/C14H10O4/c15-12(16)14(13(17)18)7-3-6-10-8-4-1-2-5-9(8)11(10)14/h1-5,7H,6H2,(H,15,16)(H,17,18). The topological polar surface area (TPSA) is 74.6 Å². The Bertz CT molecular complexity index is 623. The molecule has 2 N–H and O–H groups in total. The van der Waals surface area contributed by atoms with Crippen molar-refractivity contribution >= 4 is 23.1 Å². The molecular weight excluding hydrogens is 232 g/mol. The zero-order valence-electron chi connectivity index (χ0n) is 9.38. The van der Waals surface area contributed by atoms with E-state index in [4.69, 9.17) is 0 Å². The number of carbonyl (C=O) groups is 2. The maximum atomic E-state index is 11.5. The molecule has 0 radical (unpaired) electrons. The molecule has 0 saturated carbocycles. The van der Waals surface area contributed by atoms with Crippen LogP contribution in [0.25, 0.3) is 11.1 Å². The van der Waals surface area contributed by atoms with Crippen LogP contribution in [0, 0.1) is 5.41 Å². The van der Waals surface area contributed by atoms with E-state index < -0.39 is 17.4 Å². The van der Waals surface area contributed by atoms with Crippen LogP contribution in [0.2, 0.25) is 0 Å². The van der Waals surface area contributed by atoms with E-state index in [0.29, 0.717) is 12.0 Å². The van der Waals surface area contributed by atoms with Gasteiger partial charge in [0.25, 0.3) is 0 Å². The van der Waals surface area contributed by atoms with Gasteiger partial charge in [-0.25, -0.2) is 0 Å². The van der Waals surface area contributed by atoms with Crippen molar-refractivity contribution in [2.24, 2.45) is 5.41 Å². The number of hydrogen-bond acceptors (Lipinski definition) is 2. The van der Waals surface area contributed by atoms with Gasteiger partial charge in [0.1, 0.15) is 0 Å². The molecule has 4 nitrogen and oxygen atoms in total. The molecule has 90 valence electrons. The summed E-state index contributed by atoms with van der Waals surface area (Å²) in [5.41, 5.74) is 1.03. The average molecular weight is 242 g/mol. The van der Waals surface area contributed by atoms with Gasteiger partial charge in [-0.1, -0.05) is 36.4 Å². The molecular formula is C14H10O4. The molecule has 1 aromatic carbocycles. The van der Waals surface area contributed by atoms with Crippen molar-refractivity contribution in [1.29, 1.82) is 0 Å². The smallest absolute Gasteiger partial charge is 0.329 e. The monoisotopic (exact) mass is 242 g/mol. The second kappa shape index (κ2) is 3.32. The molecule has 0 amide bonds. The Morgan fingerprint density at radius 3 is 2.28 bits per heavy atom. The van der Waals surface area contributed by atoms with Crippen molar-refractivity contribution < 1.29 is 19.8 Å². The summed E-state index contributed by atoms with van der Waals surface area (Å²) in [6.07, 6.45) is 3.50. The van der Waals surface area contributed by atoms with Gasteiger partial charge in [0, 0.05) is 0 Å². The van der Waals surface area contributed by atoms with E-state index in [0.717, 1.165) is 16.7 Å². The highest BCUT2D eigenvalue weighted by Crippen LogP contribution is 2.54. The van der Waals surface area contributed by atoms with Crippen molar-refractivity contribution in [1.82, 2.24) is 0 Å². The van der Waals surface area contributed by atoms with Gasteiger partial charge in [-0.2, -0.15) is 0 Å². The average Bonchev–Trinajstić information content (AvgIpc) is 2.34. The molecule has 0 aliphatic heterocycles. The van der Waals surface area contributed by atoms with Crippen molar-refractivity contribution in [3.05, 3.63) is 47.5 Å². The molecule has 0 aromatic heterocycles. The van der Waals surface area contributed by atoms with Crippen molar-refractivity contribution in [2.45, 2.75) is 6.42 Å². The number of carboxylic acid groups (broad SMARTS) is 2. The minimum Gasteiger partial charge on any atom is -0.480 e. The largest absolute Gasteiger partial charge is 0.480 e. The van der Waals surface area contributed by atoms with Crippen LogP contribution in [-0.2, 0) is 9.59 Å². The Morgan fingerprint density at radius 1 is 1.06 bits per heavy atom. The van der Waals surface area contributed by atoms with Crippen LogP contribution >= 0.6 is 0 Å². The minimum absolute atomic E-state index is 0.431. The van der Waals surface area contributed by atoms with Gasteiger partial charge in [-0.3, -0.25) is 9.59 Å². The maximum Gasteiger partial charge on any atom is 0.329 e. The summed E-state index contributed by atoms with van der Waals surface area (Å²) in [5.74, 6) is -2.68. The fourth-order valence-electron chi connectivity index (χ4n) is 2.75. The number of rotatable bonds is 2. The van der Waals surface area contributed by atoms with Gasteiger partial charge in [-0.05, 0) is 28.7 Å². The Balaban J connectivity index is 2.25. The van der Waals surface area contributed by atoms with E-state index in [-0.39, 0.29) is 0 Å². The number of aliphatic carboxylic acids is 2. The SMILES string of the molecule is O=C(O)C1(C(=O)O)C=CCC2=C1c1ccccc12. The first-order valence-corrected chi connectivity index (χ1v) is 5.57. The molecule has 0 bridgehead atoms. The highest BCUT2D eigenvalue weighted by Gasteiger charge is 2.54. The fraction of sp³-hybridized carbons (Fsp3) is 0.143. The maximum absolute atomic E-state index is 11.5. The molecule has 0 heterocycles. The molecule has 0 fully saturated rings. The Kier molecular flexibility index (Phi) is 1.99. The summed E-state index contributed by atoms with van der Waals surface area (Å²) in [7, 11) is 0. The second-order valence-corrected chi connectivity index (χ2v) is 4.42. The number of benzene rings is 1. The van der Waals surface area contributed by atoms with Crippen molar-refractivity contribution in [2.75, 3.05) is 0 Å². The number of allylic oxidation sites excluding steroid dienone is 2. The summed E-state index contributed by atoms with van der Waals surface area (Å²) in [6, 6.07) is 7.31. The van der Waals surface area contributed by atoms with E-state index in [1.165, 1.54) is 6.08 Å². The Morgan fingerprint density at radius 2 is 1.67 bits per heavy atom. The van der Waals surface area contributed by atoms with Gasteiger partial charge in [0.15, 0.2) is 0 Å². The highest BCUT2D eigenvalue weighted by molar-refractivity contribution is 6.23. The van der Waals surface area contributed by atoms with Crippen molar-refractivity contribution in [3.63, 3.8) is 0 Å². The van der Waals surface area contributed by atoms with Crippen molar-refractivity contribution in [3.8, 4) is 0 Å². The zero-order valence-corrected chi connectivity index (χ0v) is 9.38. The van der Waals surface area contributed by atoms with Gasteiger partial charge >= 0.3 is 11.9 Å². The number of fused-ring (bicyclic) bond motifs is 3. The molecule has 0 unspecified atom stereocenters. The molecule has 18 heavy (non-hydrogen) atoms. The van der Waals surface area contributed by atoms with Gasteiger partial charge in [-0.15, -0.1) is 0 Å². The van der Waals surface area contributed by atoms with E-state index in [2.05, 4.69) is 0 Å². The van der Waals surface area contributed by atoms with Crippen LogP contribution < -0.4 is 0 Å². The molecule has 0 spiro atoms. The fourth-order valence-corrected chi connectivity index (χ4v) is 2.75. The molecule has 0 saturated heterocycles. The Labute approximate surface area is 103 Å². The third-order valence-corrected chi connectivity index (χ3v) is 3.58. The first-order chi connectivity index (χ1) is 8.59.